The first-order valence-electron chi connectivity index (χ1n) is 10.4. The second-order valence-corrected chi connectivity index (χ2v) is 7.73. The first kappa shape index (κ1) is 20.1. The number of carbonyl (C=O) groups is 2. The van der Waals surface area contributed by atoms with E-state index < -0.39 is 5.91 Å². The van der Waals surface area contributed by atoms with Crippen LogP contribution in [0.4, 0.5) is 5.82 Å². The molecule has 0 radical (unpaired) electrons. The molecule has 0 atom stereocenters. The number of anilines is 1. The topological polar surface area (TPSA) is 102 Å². The van der Waals surface area contributed by atoms with E-state index in [2.05, 4.69) is 15.3 Å². The number of aryl methyl sites for hydroxylation is 1. The molecule has 1 N–H and O–H groups in total. The molecule has 5 rings (SSSR count). The van der Waals surface area contributed by atoms with Crippen molar-refractivity contribution in [3.8, 4) is 11.5 Å². The fraction of sp³-hybridized carbons (Fsp3) is 0.318. The van der Waals surface area contributed by atoms with Gasteiger partial charge in [0.2, 0.25) is 6.79 Å². The molecule has 0 bridgehead atoms. The average Bonchev–Trinajstić information content (AvgIpc) is 3.55. The molecule has 0 spiro atoms. The SMILES string of the molecule is Cn1nc(C(=O)N2CCN(Cc3ccc4c(c3)OCO4)CC2)cc1NC(=O)c1ccco1. The van der Waals surface area contributed by atoms with Gasteiger partial charge < -0.3 is 24.1 Å². The van der Waals surface area contributed by atoms with Gasteiger partial charge in [0.25, 0.3) is 11.8 Å². The summed E-state index contributed by atoms with van der Waals surface area (Å²) in [6, 6.07) is 10.8. The Kier molecular flexibility index (Phi) is 5.28. The van der Waals surface area contributed by atoms with E-state index >= 15 is 0 Å². The lowest BCUT2D eigenvalue weighted by molar-refractivity contribution is 0.0622. The van der Waals surface area contributed by atoms with Crippen molar-refractivity contribution >= 4 is 17.6 Å². The predicted octanol–water partition coefficient (Wildman–Crippen LogP) is 1.95. The molecule has 0 saturated carbocycles. The molecule has 32 heavy (non-hydrogen) atoms. The third-order valence-electron chi connectivity index (χ3n) is 5.59. The zero-order valence-electron chi connectivity index (χ0n) is 17.6. The highest BCUT2D eigenvalue weighted by atomic mass is 16.7. The fourth-order valence-corrected chi connectivity index (χ4v) is 3.84. The number of furan rings is 1. The molecule has 2 aliphatic rings. The fourth-order valence-electron chi connectivity index (χ4n) is 3.84. The number of rotatable bonds is 5. The summed E-state index contributed by atoms with van der Waals surface area (Å²) in [5.74, 6) is 1.63. The lowest BCUT2D eigenvalue weighted by Gasteiger charge is -2.34. The van der Waals surface area contributed by atoms with E-state index in [4.69, 9.17) is 13.9 Å². The van der Waals surface area contributed by atoms with Crippen LogP contribution in [0, 0.1) is 0 Å². The van der Waals surface area contributed by atoms with Crippen molar-refractivity contribution in [1.29, 1.82) is 0 Å². The summed E-state index contributed by atoms with van der Waals surface area (Å²) in [5, 5.41) is 6.99. The van der Waals surface area contributed by atoms with E-state index in [1.165, 1.54) is 10.9 Å². The van der Waals surface area contributed by atoms with Gasteiger partial charge in [0, 0.05) is 45.8 Å². The second-order valence-electron chi connectivity index (χ2n) is 7.73. The first-order valence-corrected chi connectivity index (χ1v) is 10.4. The van der Waals surface area contributed by atoms with E-state index in [0.29, 0.717) is 24.6 Å². The van der Waals surface area contributed by atoms with Crippen LogP contribution in [0.25, 0.3) is 0 Å². The van der Waals surface area contributed by atoms with E-state index in [9.17, 15) is 9.59 Å². The Morgan fingerprint density at radius 3 is 2.66 bits per heavy atom. The number of nitrogens with zero attached hydrogens (tertiary/aromatic N) is 4. The van der Waals surface area contributed by atoms with Crippen molar-refractivity contribution in [2.24, 2.45) is 7.05 Å². The summed E-state index contributed by atoms with van der Waals surface area (Å²) in [6.45, 7) is 3.78. The number of carbonyl (C=O) groups excluding carboxylic acids is 2. The van der Waals surface area contributed by atoms with Gasteiger partial charge in [-0.1, -0.05) is 6.07 Å². The van der Waals surface area contributed by atoms with Crippen molar-refractivity contribution in [2.45, 2.75) is 6.54 Å². The maximum atomic E-state index is 12.9. The molecule has 2 amide bonds. The van der Waals surface area contributed by atoms with Gasteiger partial charge in [0.15, 0.2) is 23.0 Å². The second kappa shape index (κ2) is 8.39. The van der Waals surface area contributed by atoms with E-state index in [1.54, 1.807) is 30.1 Å². The summed E-state index contributed by atoms with van der Waals surface area (Å²) in [5.41, 5.74) is 1.45. The lowest BCUT2D eigenvalue weighted by atomic mass is 10.1. The van der Waals surface area contributed by atoms with Gasteiger partial charge in [-0.2, -0.15) is 5.10 Å². The summed E-state index contributed by atoms with van der Waals surface area (Å²) in [4.78, 5) is 29.2. The molecule has 1 saturated heterocycles. The number of hydrogen-bond acceptors (Lipinski definition) is 7. The largest absolute Gasteiger partial charge is 0.459 e. The Bertz CT molecular complexity index is 1130. The highest BCUT2D eigenvalue weighted by Crippen LogP contribution is 2.32. The molecule has 1 aromatic carbocycles. The average molecular weight is 437 g/mol. The molecule has 0 aliphatic carbocycles. The van der Waals surface area contributed by atoms with E-state index in [-0.39, 0.29) is 18.5 Å². The minimum atomic E-state index is -0.394. The van der Waals surface area contributed by atoms with Crippen LogP contribution in [0.1, 0.15) is 26.6 Å². The number of aromatic nitrogens is 2. The van der Waals surface area contributed by atoms with Crippen LogP contribution >= 0.6 is 0 Å². The van der Waals surface area contributed by atoms with Crippen molar-refractivity contribution in [3.63, 3.8) is 0 Å². The quantitative estimate of drug-likeness (QED) is 0.651. The highest BCUT2D eigenvalue weighted by Gasteiger charge is 2.25. The van der Waals surface area contributed by atoms with Gasteiger partial charge in [-0.25, -0.2) is 0 Å². The normalized spacial score (nSPS) is 15.7. The number of hydrogen-bond donors (Lipinski definition) is 1. The molecule has 0 unspecified atom stereocenters. The number of nitrogens with one attached hydrogen (secondary N) is 1. The first-order chi connectivity index (χ1) is 15.6. The molecular weight excluding hydrogens is 414 g/mol. The minimum absolute atomic E-state index is 0.151. The number of benzene rings is 1. The molecule has 3 aromatic rings. The van der Waals surface area contributed by atoms with Gasteiger partial charge in [-0.05, 0) is 29.8 Å². The summed E-state index contributed by atoms with van der Waals surface area (Å²) in [6.07, 6.45) is 1.43. The van der Waals surface area contributed by atoms with Crippen molar-refractivity contribution < 1.29 is 23.5 Å². The Morgan fingerprint density at radius 2 is 1.88 bits per heavy atom. The Balaban J connectivity index is 1.17. The van der Waals surface area contributed by atoms with Crippen molar-refractivity contribution in [1.82, 2.24) is 19.6 Å². The third-order valence-corrected chi connectivity index (χ3v) is 5.59. The monoisotopic (exact) mass is 437 g/mol. The maximum absolute atomic E-state index is 12.9. The Morgan fingerprint density at radius 1 is 1.06 bits per heavy atom. The van der Waals surface area contributed by atoms with Gasteiger partial charge in [0.05, 0.1) is 6.26 Å². The number of ether oxygens (including phenoxy) is 2. The predicted molar refractivity (Wildman–Crippen MR) is 114 cm³/mol. The van der Waals surface area contributed by atoms with Crippen molar-refractivity contribution in [2.75, 3.05) is 38.3 Å². The van der Waals surface area contributed by atoms with Crippen LogP contribution in [-0.4, -0.2) is 64.4 Å². The zero-order chi connectivity index (χ0) is 22.1. The van der Waals surface area contributed by atoms with E-state index in [0.717, 1.165) is 36.7 Å². The molecule has 10 nitrogen and oxygen atoms in total. The van der Waals surface area contributed by atoms with Crippen LogP contribution in [0.3, 0.4) is 0 Å². The minimum Gasteiger partial charge on any atom is -0.459 e. The van der Waals surface area contributed by atoms with Gasteiger partial charge in [0.1, 0.15) is 5.82 Å². The molecule has 1 fully saturated rings. The smallest absolute Gasteiger partial charge is 0.292 e. The summed E-state index contributed by atoms with van der Waals surface area (Å²) in [7, 11) is 1.68. The zero-order valence-corrected chi connectivity index (χ0v) is 17.6. The Hall–Kier alpha value is -3.79. The number of piperazine rings is 1. The van der Waals surface area contributed by atoms with E-state index in [1.807, 2.05) is 18.2 Å². The van der Waals surface area contributed by atoms with Crippen LogP contribution in [0.15, 0.2) is 47.1 Å². The summed E-state index contributed by atoms with van der Waals surface area (Å²) >= 11 is 0. The number of amides is 2. The lowest BCUT2D eigenvalue weighted by Crippen LogP contribution is -2.48. The summed E-state index contributed by atoms with van der Waals surface area (Å²) < 4.78 is 17.4. The number of fused-ring (bicyclic) bond motifs is 1. The van der Waals surface area contributed by atoms with Crippen LogP contribution in [-0.2, 0) is 13.6 Å². The van der Waals surface area contributed by atoms with Crippen LogP contribution in [0.2, 0.25) is 0 Å². The molecule has 4 heterocycles. The standard InChI is InChI=1S/C22H23N5O5/c1-25-20(23-21(28)18-3-2-10-30-18)12-16(24-25)22(29)27-8-6-26(7-9-27)13-15-4-5-17-19(11-15)32-14-31-17/h2-5,10-12H,6-9,13-14H2,1H3,(H,23,28). The maximum Gasteiger partial charge on any atom is 0.292 e. The van der Waals surface area contributed by atoms with Crippen LogP contribution in [0.5, 0.6) is 11.5 Å². The van der Waals surface area contributed by atoms with Gasteiger partial charge >= 0.3 is 0 Å². The highest BCUT2D eigenvalue weighted by molar-refractivity contribution is 6.02. The molecular formula is C22H23N5O5. The van der Waals surface area contributed by atoms with Gasteiger partial charge in [-0.15, -0.1) is 0 Å². The molecule has 10 heteroatoms. The molecule has 166 valence electrons. The van der Waals surface area contributed by atoms with Gasteiger partial charge in [-0.3, -0.25) is 19.2 Å². The Labute approximate surface area is 184 Å². The molecule has 2 aromatic heterocycles. The third kappa shape index (κ3) is 4.04. The van der Waals surface area contributed by atoms with Crippen molar-refractivity contribution in [3.05, 3.63) is 59.7 Å². The van der Waals surface area contributed by atoms with Crippen LogP contribution < -0.4 is 14.8 Å². The molecule has 2 aliphatic heterocycles.